The van der Waals surface area contributed by atoms with Crippen molar-refractivity contribution in [2.75, 3.05) is 0 Å². The first-order chi connectivity index (χ1) is 12.5. The quantitative estimate of drug-likeness (QED) is 0.427. The second kappa shape index (κ2) is 6.58. The molecule has 2 fully saturated rings. The monoisotopic (exact) mass is 378 g/mol. The first kappa shape index (κ1) is 19.8. The predicted octanol–water partition coefficient (Wildman–Crippen LogP) is 1.54. The fourth-order valence-corrected chi connectivity index (χ4v) is 3.94. The Morgan fingerprint density at radius 1 is 1.44 bits per heavy atom. The fourth-order valence-electron chi connectivity index (χ4n) is 3.94. The molecule has 0 radical (unpaired) electrons. The minimum atomic E-state index is -1.67. The molecule has 2 saturated heterocycles. The van der Waals surface area contributed by atoms with Crippen LogP contribution in [0.5, 0.6) is 0 Å². The van der Waals surface area contributed by atoms with Crippen molar-refractivity contribution in [2.45, 2.75) is 70.2 Å². The summed E-state index contributed by atoms with van der Waals surface area (Å²) in [5, 5.41) is 21.4. The van der Waals surface area contributed by atoms with Crippen LogP contribution in [0, 0.1) is 5.92 Å². The van der Waals surface area contributed by atoms with E-state index < -0.39 is 47.6 Å². The van der Waals surface area contributed by atoms with Gasteiger partial charge in [0.25, 0.3) is 0 Å². The Morgan fingerprint density at radius 3 is 2.74 bits per heavy atom. The smallest absolute Gasteiger partial charge is 0.334 e. The van der Waals surface area contributed by atoms with Gasteiger partial charge >= 0.3 is 11.9 Å². The lowest BCUT2D eigenvalue weighted by molar-refractivity contribution is -0.208. The Balaban J connectivity index is 2.07. The van der Waals surface area contributed by atoms with Gasteiger partial charge in [0.1, 0.15) is 12.2 Å². The molecule has 3 heterocycles. The van der Waals surface area contributed by atoms with Crippen LogP contribution in [-0.4, -0.2) is 51.9 Å². The molecule has 7 heteroatoms. The molecule has 0 amide bonds. The molecular weight excluding hydrogens is 352 g/mol. The highest BCUT2D eigenvalue weighted by Crippen LogP contribution is 2.48. The number of rotatable bonds is 2. The molecule has 0 spiro atoms. The number of aliphatic hydroxyl groups is 2. The van der Waals surface area contributed by atoms with E-state index in [2.05, 4.69) is 6.58 Å². The molecular formula is C20H26O7. The highest BCUT2D eigenvalue weighted by atomic mass is 16.7. The van der Waals surface area contributed by atoms with Crippen molar-refractivity contribution in [3.63, 3.8) is 0 Å². The summed E-state index contributed by atoms with van der Waals surface area (Å²) in [7, 11) is 0. The normalized spacial score (nSPS) is 43.8. The molecule has 0 unspecified atom stereocenters. The molecule has 7 nitrogen and oxygen atoms in total. The topological polar surface area (TPSA) is 102 Å². The van der Waals surface area contributed by atoms with Crippen LogP contribution in [0.2, 0.25) is 0 Å². The van der Waals surface area contributed by atoms with Crippen LogP contribution >= 0.6 is 0 Å². The van der Waals surface area contributed by atoms with E-state index in [1.807, 2.05) is 0 Å². The van der Waals surface area contributed by atoms with Crippen molar-refractivity contribution >= 4 is 11.9 Å². The van der Waals surface area contributed by atoms with Crippen LogP contribution in [-0.2, 0) is 23.8 Å². The number of fused-ring (bicyclic) bond motifs is 3. The Kier molecular flexibility index (Phi) is 4.82. The summed E-state index contributed by atoms with van der Waals surface area (Å²) in [5.41, 5.74) is -0.120. The Hall–Kier alpha value is -1.96. The summed E-state index contributed by atoms with van der Waals surface area (Å²) in [6, 6.07) is 0. The van der Waals surface area contributed by atoms with Crippen molar-refractivity contribution in [3.05, 3.63) is 35.5 Å². The maximum Gasteiger partial charge on any atom is 0.334 e. The largest absolute Gasteiger partial charge is 0.458 e. The summed E-state index contributed by atoms with van der Waals surface area (Å²) < 4.78 is 17.0. The molecule has 0 aromatic heterocycles. The maximum atomic E-state index is 12.4. The van der Waals surface area contributed by atoms with Gasteiger partial charge in [0.05, 0.1) is 17.6 Å². The number of esters is 2. The number of hydrogen-bond donors (Lipinski definition) is 2. The van der Waals surface area contributed by atoms with Crippen LogP contribution in [0.15, 0.2) is 35.5 Å². The summed E-state index contributed by atoms with van der Waals surface area (Å²) in [5.74, 6) is -3.39. The molecule has 3 rings (SSSR count). The second-order valence-corrected chi connectivity index (χ2v) is 7.81. The fraction of sp³-hybridized carbons (Fsp3) is 0.600. The molecule has 2 N–H and O–H groups in total. The van der Waals surface area contributed by atoms with Crippen molar-refractivity contribution in [2.24, 2.45) is 5.92 Å². The lowest BCUT2D eigenvalue weighted by atomic mass is 9.80. The van der Waals surface area contributed by atoms with E-state index in [-0.39, 0.29) is 18.4 Å². The number of carbonyl (C=O) groups excluding carboxylic acids is 2. The number of carbonyl (C=O) groups is 2. The van der Waals surface area contributed by atoms with Crippen molar-refractivity contribution in [1.29, 1.82) is 0 Å². The average Bonchev–Trinajstić information content (AvgIpc) is 2.99. The second-order valence-electron chi connectivity index (χ2n) is 7.81. The van der Waals surface area contributed by atoms with Gasteiger partial charge in [-0.15, -0.1) is 0 Å². The predicted molar refractivity (Wildman–Crippen MR) is 95.3 cm³/mol. The summed E-state index contributed by atoms with van der Waals surface area (Å²) in [4.78, 5) is 24.5. The van der Waals surface area contributed by atoms with E-state index in [1.54, 1.807) is 39.8 Å². The molecule has 3 aliphatic heterocycles. The average molecular weight is 378 g/mol. The lowest BCUT2D eigenvalue weighted by Crippen LogP contribution is -2.44. The number of hydrogen-bond acceptors (Lipinski definition) is 7. The first-order valence-corrected chi connectivity index (χ1v) is 9.04. The van der Waals surface area contributed by atoms with E-state index in [1.165, 1.54) is 0 Å². The third-order valence-corrected chi connectivity index (χ3v) is 5.89. The third kappa shape index (κ3) is 3.24. The molecule has 27 heavy (non-hydrogen) atoms. The molecule has 0 aliphatic carbocycles. The SMILES string of the molecule is C=C1C(=O)O[C@H]2/C=C(/C)[C@]3(O)C[C@@H](O)[C@@](C)(C[C@@H](OC(=O)/C(C)=C\C)[C@@H]12)O3. The van der Waals surface area contributed by atoms with Crippen molar-refractivity contribution < 1.29 is 34.0 Å². The Labute approximate surface area is 158 Å². The zero-order valence-electron chi connectivity index (χ0n) is 16.0. The molecule has 3 aliphatic rings. The minimum Gasteiger partial charge on any atom is -0.458 e. The van der Waals surface area contributed by atoms with Gasteiger partial charge in [-0.1, -0.05) is 12.7 Å². The van der Waals surface area contributed by atoms with Gasteiger partial charge in [-0.05, 0) is 39.3 Å². The van der Waals surface area contributed by atoms with Crippen LogP contribution in [0.1, 0.15) is 40.5 Å². The lowest BCUT2D eigenvalue weighted by Gasteiger charge is -2.34. The van der Waals surface area contributed by atoms with Gasteiger partial charge in [-0.3, -0.25) is 0 Å². The van der Waals surface area contributed by atoms with Gasteiger partial charge in [0.2, 0.25) is 0 Å². The summed E-state index contributed by atoms with van der Waals surface area (Å²) in [6.07, 6.45) is 0.753. The van der Waals surface area contributed by atoms with Gasteiger partial charge in [0, 0.05) is 24.0 Å². The number of ether oxygens (including phenoxy) is 3. The standard InChI is InChI=1S/C20H26O7/c1-6-10(2)17(22)26-14-8-19(5)15(21)9-20(24,27-19)11(3)7-13-16(14)12(4)18(23)25-13/h6-7,13-16,21,24H,4,8-9H2,1-3,5H3/b10-6-,11-7-/t13-,14+,15+,16-,19+,20-/m0/s1. The Bertz CT molecular complexity index is 751. The van der Waals surface area contributed by atoms with E-state index in [4.69, 9.17) is 14.2 Å². The number of allylic oxidation sites excluding steroid dienone is 1. The van der Waals surface area contributed by atoms with Crippen LogP contribution < -0.4 is 0 Å². The van der Waals surface area contributed by atoms with Crippen molar-refractivity contribution in [3.8, 4) is 0 Å². The first-order valence-electron chi connectivity index (χ1n) is 9.04. The van der Waals surface area contributed by atoms with Crippen molar-refractivity contribution in [1.82, 2.24) is 0 Å². The molecule has 0 aromatic rings. The van der Waals surface area contributed by atoms with Gasteiger partial charge in [-0.25, -0.2) is 9.59 Å². The van der Waals surface area contributed by atoms with E-state index in [0.717, 1.165) is 0 Å². The zero-order valence-corrected chi connectivity index (χ0v) is 16.0. The van der Waals surface area contributed by atoms with E-state index in [0.29, 0.717) is 11.1 Å². The van der Waals surface area contributed by atoms with Gasteiger partial charge < -0.3 is 24.4 Å². The Morgan fingerprint density at radius 2 is 2.11 bits per heavy atom. The van der Waals surface area contributed by atoms with E-state index >= 15 is 0 Å². The van der Waals surface area contributed by atoms with E-state index in [9.17, 15) is 19.8 Å². The summed E-state index contributed by atoms with van der Waals surface area (Å²) >= 11 is 0. The van der Waals surface area contributed by atoms with Crippen LogP contribution in [0.3, 0.4) is 0 Å². The molecule has 148 valence electrons. The van der Waals surface area contributed by atoms with Gasteiger partial charge in [0.15, 0.2) is 5.79 Å². The number of aliphatic hydroxyl groups excluding tert-OH is 1. The maximum absolute atomic E-state index is 12.4. The minimum absolute atomic E-state index is 0.0212. The highest BCUT2D eigenvalue weighted by molar-refractivity contribution is 5.92. The summed E-state index contributed by atoms with van der Waals surface area (Å²) in [6.45, 7) is 10.5. The molecule has 0 saturated carbocycles. The van der Waals surface area contributed by atoms with Gasteiger partial charge in [-0.2, -0.15) is 0 Å². The molecule has 2 bridgehead atoms. The third-order valence-electron chi connectivity index (χ3n) is 5.89. The molecule has 6 atom stereocenters. The van der Waals surface area contributed by atoms with Crippen LogP contribution in [0.4, 0.5) is 0 Å². The molecule has 0 aromatic carbocycles. The zero-order chi connectivity index (χ0) is 20.1. The highest BCUT2D eigenvalue weighted by Gasteiger charge is 2.58. The van der Waals surface area contributed by atoms with Crippen LogP contribution in [0.25, 0.3) is 0 Å².